The minimum atomic E-state index is -6.73. The molecule has 0 aliphatic carbocycles. The van der Waals surface area contributed by atoms with Gasteiger partial charge in [-0.05, 0) is 25.4 Å². The lowest BCUT2D eigenvalue weighted by molar-refractivity contribution is -0.0486. The first-order valence-electron chi connectivity index (χ1n) is 7.27. The van der Waals surface area contributed by atoms with E-state index in [0.29, 0.717) is 6.42 Å². The summed E-state index contributed by atoms with van der Waals surface area (Å²) >= 11 is 0. The van der Waals surface area contributed by atoms with Gasteiger partial charge < -0.3 is 4.43 Å². The lowest BCUT2D eigenvalue weighted by Gasteiger charge is -2.46. The highest BCUT2D eigenvalue weighted by Gasteiger charge is 2.79. The molecule has 0 amide bonds. The van der Waals surface area contributed by atoms with E-state index in [4.69, 9.17) is 4.43 Å². The van der Waals surface area contributed by atoms with Gasteiger partial charge in [-0.15, -0.1) is 0 Å². The fourth-order valence-corrected chi connectivity index (χ4v) is 15.9. The van der Waals surface area contributed by atoms with Crippen LogP contribution < -0.4 is 0 Å². The Bertz CT molecular complexity index is 647. The summed E-state index contributed by atoms with van der Waals surface area (Å²) in [5, 5.41) is 0. The van der Waals surface area contributed by atoms with Crippen LogP contribution in [0, 0.1) is 0 Å². The van der Waals surface area contributed by atoms with Crippen LogP contribution in [-0.2, 0) is 24.1 Å². The van der Waals surface area contributed by atoms with Crippen LogP contribution in [-0.4, -0.2) is 46.5 Å². The summed E-state index contributed by atoms with van der Waals surface area (Å²) in [5.74, 6) is 0. The third-order valence-corrected chi connectivity index (χ3v) is 17.2. The monoisotopic (exact) mass is 436 g/mol. The Morgan fingerprint density at radius 1 is 0.920 bits per heavy atom. The van der Waals surface area contributed by atoms with E-state index in [1.54, 1.807) is 0 Å². The van der Waals surface area contributed by atoms with E-state index in [9.17, 15) is 43.2 Å². The van der Waals surface area contributed by atoms with Gasteiger partial charge in [-0.2, -0.15) is 26.3 Å². The van der Waals surface area contributed by atoms with Crippen LogP contribution in [0.15, 0.2) is 0 Å². The number of alkyl halides is 6. The lowest BCUT2D eigenvalue weighted by Crippen LogP contribution is -2.72. The minimum absolute atomic E-state index is 0.0922. The zero-order valence-electron chi connectivity index (χ0n) is 13.4. The van der Waals surface area contributed by atoms with Crippen LogP contribution in [0.4, 0.5) is 26.3 Å². The second kappa shape index (κ2) is 6.67. The summed E-state index contributed by atoms with van der Waals surface area (Å²) in [7, 11) is -18.0. The maximum atomic E-state index is 13.2. The highest BCUT2D eigenvalue weighted by Crippen LogP contribution is 2.53. The van der Waals surface area contributed by atoms with E-state index >= 15 is 0 Å². The van der Waals surface area contributed by atoms with Crippen molar-refractivity contribution in [1.29, 1.82) is 0 Å². The Labute approximate surface area is 142 Å². The van der Waals surface area contributed by atoms with Crippen molar-refractivity contribution in [2.75, 3.05) is 6.61 Å². The third-order valence-electron chi connectivity index (χ3n) is 4.33. The van der Waals surface area contributed by atoms with E-state index in [1.165, 1.54) is 0 Å². The molecule has 1 aliphatic heterocycles. The van der Waals surface area contributed by atoms with Gasteiger partial charge in [0.1, 0.15) is 0 Å². The van der Waals surface area contributed by atoms with Gasteiger partial charge in [-0.25, -0.2) is 16.8 Å². The Hall–Kier alpha value is -0.343. The summed E-state index contributed by atoms with van der Waals surface area (Å²) in [6.07, 6.45) is -1.46. The predicted octanol–water partition coefficient (Wildman–Crippen LogP) is 3.28. The van der Waals surface area contributed by atoms with Crippen LogP contribution in [0.2, 0.25) is 12.6 Å². The highest BCUT2D eigenvalue weighted by atomic mass is 32.3. The normalized spacial score (nSPS) is 24.3. The lowest BCUT2D eigenvalue weighted by atomic mass is 10.3. The molecule has 1 saturated heterocycles. The predicted molar refractivity (Wildman–Crippen MR) is 79.2 cm³/mol. The largest absolute Gasteiger partial charge is 0.498 e. The molecule has 1 aliphatic rings. The number of rotatable bonds is 5. The molecule has 150 valence electrons. The van der Waals surface area contributed by atoms with E-state index in [1.807, 2.05) is 0 Å². The van der Waals surface area contributed by atoms with E-state index in [2.05, 4.69) is 0 Å². The topological polar surface area (TPSA) is 77.5 Å². The van der Waals surface area contributed by atoms with Crippen molar-refractivity contribution in [2.24, 2.45) is 0 Å². The molecule has 25 heavy (non-hydrogen) atoms. The zero-order chi connectivity index (χ0) is 19.9. The molecular weight excluding hydrogens is 418 g/mol. The number of halogens is 6. The van der Waals surface area contributed by atoms with Crippen LogP contribution in [0.25, 0.3) is 0 Å². The number of hydrogen-bond acceptors (Lipinski definition) is 5. The Morgan fingerprint density at radius 3 is 1.64 bits per heavy atom. The maximum absolute atomic E-state index is 13.2. The van der Waals surface area contributed by atoms with Crippen LogP contribution in [0.5, 0.6) is 0 Å². The molecule has 0 spiro atoms. The standard InChI is InChI=1S/C11H18F6O5S2Si/c1-3-6-9(23(18,19)10(12,13)14,24(20,21)11(15,16)17)25(2)8-5-4-7-22-25/h3-8H2,1-2H3. The molecule has 0 bridgehead atoms. The first kappa shape index (κ1) is 22.7. The van der Waals surface area contributed by atoms with Crippen molar-refractivity contribution < 1.29 is 47.6 Å². The van der Waals surface area contributed by atoms with Gasteiger partial charge in [-0.1, -0.05) is 19.8 Å². The van der Waals surface area contributed by atoms with Crippen molar-refractivity contribution in [3.8, 4) is 0 Å². The molecule has 0 aromatic carbocycles. The molecule has 0 saturated carbocycles. The quantitative estimate of drug-likeness (QED) is 0.488. The maximum Gasteiger partial charge on any atom is 0.498 e. The van der Waals surface area contributed by atoms with Gasteiger partial charge >= 0.3 is 11.0 Å². The minimum Gasteiger partial charge on any atom is -0.414 e. The van der Waals surface area contributed by atoms with Gasteiger partial charge in [0.25, 0.3) is 19.7 Å². The SMILES string of the molecule is CCCC([Si]1(C)CCCCO1)(S(=O)(=O)C(F)(F)F)S(=O)(=O)C(F)(F)F. The summed E-state index contributed by atoms with van der Waals surface area (Å²) in [6.45, 7) is 1.66. The zero-order valence-corrected chi connectivity index (χ0v) is 16.0. The fraction of sp³-hybridized carbons (Fsp3) is 1.00. The molecule has 1 rings (SSSR count). The summed E-state index contributed by atoms with van der Waals surface area (Å²) in [6, 6.07) is -0.433. The molecule has 0 N–H and O–H groups in total. The van der Waals surface area contributed by atoms with Gasteiger partial charge in [0.2, 0.25) is 12.0 Å². The first-order chi connectivity index (χ1) is 11.0. The molecule has 1 atom stereocenters. The summed E-state index contributed by atoms with van der Waals surface area (Å²) < 4.78 is 129. The van der Waals surface area contributed by atoms with Gasteiger partial charge in [0, 0.05) is 6.61 Å². The molecule has 1 heterocycles. The van der Waals surface area contributed by atoms with Gasteiger partial charge in [0.05, 0.1) is 0 Å². The fourth-order valence-electron chi connectivity index (χ4n) is 3.18. The van der Waals surface area contributed by atoms with E-state index < -0.39 is 61.6 Å². The first-order valence-corrected chi connectivity index (χ1v) is 12.9. The van der Waals surface area contributed by atoms with E-state index in [0.717, 1.165) is 13.5 Å². The highest BCUT2D eigenvalue weighted by molar-refractivity contribution is 8.13. The Balaban J connectivity index is 4.01. The van der Waals surface area contributed by atoms with Crippen molar-refractivity contribution in [1.82, 2.24) is 0 Å². The number of sulfone groups is 2. The van der Waals surface area contributed by atoms with Crippen LogP contribution in [0.3, 0.4) is 0 Å². The van der Waals surface area contributed by atoms with E-state index in [-0.39, 0.29) is 13.0 Å². The average Bonchev–Trinajstić information content (AvgIpc) is 2.42. The molecule has 14 heteroatoms. The Kier molecular flexibility index (Phi) is 6.06. The molecule has 0 aromatic rings. The molecular formula is C11H18F6O5S2Si. The second-order valence-corrected chi connectivity index (χ2v) is 15.4. The Morgan fingerprint density at radius 2 is 1.36 bits per heavy atom. The third kappa shape index (κ3) is 3.22. The van der Waals surface area contributed by atoms with Crippen LogP contribution >= 0.6 is 0 Å². The van der Waals surface area contributed by atoms with Gasteiger partial charge in [-0.3, -0.25) is 0 Å². The molecule has 1 fully saturated rings. The van der Waals surface area contributed by atoms with Crippen molar-refractivity contribution in [3.63, 3.8) is 0 Å². The van der Waals surface area contributed by atoms with Crippen LogP contribution in [0.1, 0.15) is 32.6 Å². The molecule has 0 aromatic heterocycles. The smallest absolute Gasteiger partial charge is 0.414 e. The number of hydrogen-bond donors (Lipinski definition) is 0. The average molecular weight is 436 g/mol. The van der Waals surface area contributed by atoms with Gasteiger partial charge in [0.15, 0.2) is 0 Å². The summed E-state index contributed by atoms with van der Waals surface area (Å²) in [4.78, 5) is 0. The van der Waals surface area contributed by atoms with Crippen molar-refractivity contribution in [3.05, 3.63) is 0 Å². The molecule has 5 nitrogen and oxygen atoms in total. The van der Waals surface area contributed by atoms with Crippen molar-refractivity contribution >= 4 is 28.0 Å². The molecule has 0 radical (unpaired) electrons. The molecule has 1 unspecified atom stereocenters. The summed E-state index contributed by atoms with van der Waals surface area (Å²) in [5.41, 5.74) is -12.3. The second-order valence-electron chi connectivity index (χ2n) is 5.94. The van der Waals surface area contributed by atoms with Crippen molar-refractivity contribution in [2.45, 2.75) is 59.9 Å².